The second kappa shape index (κ2) is 6.22. The lowest BCUT2D eigenvalue weighted by Gasteiger charge is -2.09. The van der Waals surface area contributed by atoms with E-state index in [4.69, 9.17) is 10.5 Å². The predicted molar refractivity (Wildman–Crippen MR) is 81.9 cm³/mol. The zero-order valence-corrected chi connectivity index (χ0v) is 12.9. The van der Waals surface area contributed by atoms with Crippen molar-refractivity contribution in [1.82, 2.24) is 14.5 Å². The fraction of sp³-hybridized carbons (Fsp3) is 0.600. The summed E-state index contributed by atoms with van der Waals surface area (Å²) in [6.07, 6.45) is 2.27. The van der Waals surface area contributed by atoms with Crippen molar-refractivity contribution < 1.29 is 4.74 Å². The maximum atomic E-state index is 6.04. The molecule has 0 aliphatic rings. The number of nitrogens with zero attached hydrogens (tertiary/aromatic N) is 3. The minimum Gasteiger partial charge on any atom is -0.383 e. The molecule has 0 spiro atoms. The Balaban J connectivity index is 2.26. The molecule has 2 N–H and O–H groups in total. The number of fused-ring (bicyclic) bond motifs is 1. The minimum absolute atomic E-state index is 0.568. The Hall–Kier alpha value is -1.62. The van der Waals surface area contributed by atoms with Gasteiger partial charge in [-0.2, -0.15) is 0 Å². The molecule has 0 unspecified atom stereocenters. The predicted octanol–water partition coefficient (Wildman–Crippen LogP) is 2.76. The highest BCUT2D eigenvalue weighted by Gasteiger charge is 2.15. The molecule has 0 fully saturated rings. The Kier molecular flexibility index (Phi) is 4.60. The molecule has 0 aliphatic carbocycles. The van der Waals surface area contributed by atoms with Gasteiger partial charge in [0.15, 0.2) is 0 Å². The summed E-state index contributed by atoms with van der Waals surface area (Å²) in [4.78, 5) is 8.81. The minimum atomic E-state index is 0.568. The Morgan fingerprint density at radius 3 is 2.60 bits per heavy atom. The van der Waals surface area contributed by atoms with E-state index in [0.29, 0.717) is 18.2 Å². The van der Waals surface area contributed by atoms with Crippen LogP contribution in [0.3, 0.4) is 0 Å². The molecular formula is C15H24N4O. The Morgan fingerprint density at radius 1 is 1.15 bits per heavy atom. The van der Waals surface area contributed by atoms with Gasteiger partial charge in [-0.25, -0.2) is 9.97 Å². The van der Waals surface area contributed by atoms with Crippen LogP contribution in [-0.4, -0.2) is 27.7 Å². The number of nitrogens with two attached hydrogens (primary N) is 1. The van der Waals surface area contributed by atoms with Gasteiger partial charge in [0, 0.05) is 18.8 Å². The third-order valence-electron chi connectivity index (χ3n) is 3.71. The SMILES string of the molecule is CCCCOCCn1c(C)c(C)c2c(N)nc(C)nc21. The largest absolute Gasteiger partial charge is 0.383 e. The van der Waals surface area contributed by atoms with E-state index in [1.54, 1.807) is 0 Å². The van der Waals surface area contributed by atoms with E-state index in [1.807, 2.05) is 6.92 Å². The van der Waals surface area contributed by atoms with Crippen LogP contribution in [0.15, 0.2) is 0 Å². The van der Waals surface area contributed by atoms with Crippen molar-refractivity contribution in [3.05, 3.63) is 17.1 Å². The number of anilines is 1. The number of nitrogen functional groups attached to an aromatic ring is 1. The van der Waals surface area contributed by atoms with Crippen molar-refractivity contribution in [2.24, 2.45) is 0 Å². The Bertz CT molecular complexity index is 604. The van der Waals surface area contributed by atoms with E-state index in [-0.39, 0.29) is 0 Å². The lowest BCUT2D eigenvalue weighted by molar-refractivity contribution is 0.124. The number of aromatic nitrogens is 3. The van der Waals surface area contributed by atoms with E-state index >= 15 is 0 Å². The number of aryl methyl sites for hydroxylation is 2. The van der Waals surface area contributed by atoms with Gasteiger partial charge in [0.05, 0.1) is 12.0 Å². The summed E-state index contributed by atoms with van der Waals surface area (Å²) in [5.41, 5.74) is 9.30. The van der Waals surface area contributed by atoms with Crippen LogP contribution in [0.4, 0.5) is 5.82 Å². The number of hydrogen-bond acceptors (Lipinski definition) is 4. The maximum absolute atomic E-state index is 6.04. The zero-order chi connectivity index (χ0) is 14.7. The molecule has 110 valence electrons. The van der Waals surface area contributed by atoms with Crippen molar-refractivity contribution in [3.8, 4) is 0 Å². The molecule has 0 saturated heterocycles. The van der Waals surface area contributed by atoms with Crippen molar-refractivity contribution in [2.75, 3.05) is 18.9 Å². The van der Waals surface area contributed by atoms with E-state index in [9.17, 15) is 0 Å². The average molecular weight is 276 g/mol. The lowest BCUT2D eigenvalue weighted by atomic mass is 10.2. The first-order valence-electron chi connectivity index (χ1n) is 7.23. The van der Waals surface area contributed by atoms with Gasteiger partial charge in [0.2, 0.25) is 0 Å². The van der Waals surface area contributed by atoms with Gasteiger partial charge in [-0.15, -0.1) is 0 Å². The zero-order valence-electron chi connectivity index (χ0n) is 12.9. The summed E-state index contributed by atoms with van der Waals surface area (Å²) in [6, 6.07) is 0. The summed E-state index contributed by atoms with van der Waals surface area (Å²) < 4.78 is 7.84. The molecule has 0 atom stereocenters. The maximum Gasteiger partial charge on any atom is 0.146 e. The van der Waals surface area contributed by atoms with Crippen LogP contribution in [-0.2, 0) is 11.3 Å². The monoisotopic (exact) mass is 276 g/mol. The average Bonchev–Trinajstić information content (AvgIpc) is 2.63. The molecule has 2 rings (SSSR count). The first-order valence-corrected chi connectivity index (χ1v) is 7.23. The highest BCUT2D eigenvalue weighted by Crippen LogP contribution is 2.27. The molecule has 0 bridgehead atoms. The molecule has 2 heterocycles. The second-order valence-electron chi connectivity index (χ2n) is 5.18. The highest BCUT2D eigenvalue weighted by molar-refractivity contribution is 5.91. The standard InChI is InChI=1S/C15H24N4O/c1-5-6-8-20-9-7-19-11(3)10(2)13-14(16)17-12(4)18-15(13)19/h5-9H2,1-4H3,(H2,16,17,18). The molecule has 2 aromatic heterocycles. The Morgan fingerprint density at radius 2 is 1.90 bits per heavy atom. The fourth-order valence-electron chi connectivity index (χ4n) is 2.45. The summed E-state index contributed by atoms with van der Waals surface area (Å²) in [6.45, 7) is 10.5. The third-order valence-corrected chi connectivity index (χ3v) is 3.71. The van der Waals surface area contributed by atoms with E-state index in [2.05, 4.69) is 35.3 Å². The molecule has 0 saturated carbocycles. The van der Waals surface area contributed by atoms with Crippen LogP contribution in [0.2, 0.25) is 0 Å². The van der Waals surface area contributed by atoms with Crippen LogP contribution in [0.1, 0.15) is 36.8 Å². The molecular weight excluding hydrogens is 252 g/mol. The number of rotatable bonds is 6. The van der Waals surface area contributed by atoms with Crippen molar-refractivity contribution in [3.63, 3.8) is 0 Å². The van der Waals surface area contributed by atoms with Crippen LogP contribution in [0.5, 0.6) is 0 Å². The van der Waals surface area contributed by atoms with Gasteiger partial charge in [-0.05, 0) is 32.8 Å². The molecule has 20 heavy (non-hydrogen) atoms. The van der Waals surface area contributed by atoms with Gasteiger partial charge in [-0.3, -0.25) is 0 Å². The van der Waals surface area contributed by atoms with Gasteiger partial charge < -0.3 is 15.0 Å². The van der Waals surface area contributed by atoms with Crippen LogP contribution in [0, 0.1) is 20.8 Å². The molecule has 2 aromatic rings. The van der Waals surface area contributed by atoms with Gasteiger partial charge in [-0.1, -0.05) is 13.3 Å². The first-order chi connectivity index (χ1) is 9.56. The van der Waals surface area contributed by atoms with Crippen LogP contribution < -0.4 is 5.73 Å². The molecule has 0 radical (unpaired) electrons. The number of hydrogen-bond donors (Lipinski definition) is 1. The van der Waals surface area contributed by atoms with Crippen LogP contribution >= 0.6 is 0 Å². The fourth-order valence-corrected chi connectivity index (χ4v) is 2.45. The summed E-state index contributed by atoms with van der Waals surface area (Å²) in [7, 11) is 0. The van der Waals surface area contributed by atoms with Crippen molar-refractivity contribution in [2.45, 2.75) is 47.1 Å². The molecule has 0 aromatic carbocycles. The van der Waals surface area contributed by atoms with E-state index in [1.165, 1.54) is 5.69 Å². The van der Waals surface area contributed by atoms with E-state index in [0.717, 1.165) is 42.6 Å². The Labute approximate surface area is 120 Å². The van der Waals surface area contributed by atoms with E-state index < -0.39 is 0 Å². The van der Waals surface area contributed by atoms with Gasteiger partial charge >= 0.3 is 0 Å². The molecule has 0 aliphatic heterocycles. The normalized spacial score (nSPS) is 11.4. The van der Waals surface area contributed by atoms with Gasteiger partial charge in [0.25, 0.3) is 0 Å². The topological polar surface area (TPSA) is 66.0 Å². The lowest BCUT2D eigenvalue weighted by Crippen LogP contribution is -2.09. The van der Waals surface area contributed by atoms with Gasteiger partial charge in [0.1, 0.15) is 17.3 Å². The second-order valence-corrected chi connectivity index (χ2v) is 5.18. The molecule has 5 nitrogen and oxygen atoms in total. The number of ether oxygens (including phenoxy) is 1. The summed E-state index contributed by atoms with van der Waals surface area (Å²) >= 11 is 0. The smallest absolute Gasteiger partial charge is 0.146 e. The summed E-state index contributed by atoms with van der Waals surface area (Å²) in [5, 5.41) is 0.974. The number of unbranched alkanes of at least 4 members (excludes halogenated alkanes) is 1. The summed E-state index contributed by atoms with van der Waals surface area (Å²) in [5.74, 6) is 1.28. The van der Waals surface area contributed by atoms with Crippen LogP contribution in [0.25, 0.3) is 11.0 Å². The third kappa shape index (κ3) is 2.77. The van der Waals surface area contributed by atoms with Crippen molar-refractivity contribution >= 4 is 16.9 Å². The molecule has 0 amide bonds. The van der Waals surface area contributed by atoms with Crippen molar-refractivity contribution in [1.29, 1.82) is 0 Å². The molecule has 5 heteroatoms. The highest BCUT2D eigenvalue weighted by atomic mass is 16.5. The quantitative estimate of drug-likeness (QED) is 0.824. The first kappa shape index (κ1) is 14.8.